The fraction of sp³-hybridized carbons (Fsp3) is 0.387. The van der Waals surface area contributed by atoms with E-state index in [-0.39, 0.29) is 6.04 Å². The van der Waals surface area contributed by atoms with Crippen molar-refractivity contribution in [3.05, 3.63) is 95.1 Å². The van der Waals surface area contributed by atoms with Gasteiger partial charge in [-0.25, -0.2) is 0 Å². The van der Waals surface area contributed by atoms with Gasteiger partial charge < -0.3 is 4.90 Å². The minimum atomic E-state index is 0.0229. The highest BCUT2D eigenvalue weighted by Crippen LogP contribution is 2.26. The maximum absolute atomic E-state index is 13.4. The number of benzene rings is 3. The van der Waals surface area contributed by atoms with Crippen LogP contribution in [0, 0.1) is 13.8 Å². The highest BCUT2D eigenvalue weighted by atomic mass is 16.2. The fourth-order valence-corrected chi connectivity index (χ4v) is 5.65. The van der Waals surface area contributed by atoms with E-state index in [4.69, 9.17) is 0 Å². The molecule has 2 aliphatic rings. The molecule has 0 radical (unpaired) electrons. The van der Waals surface area contributed by atoms with Gasteiger partial charge in [0.05, 0.1) is 6.04 Å². The quantitative estimate of drug-likeness (QED) is 0.494. The Labute approximate surface area is 210 Å². The summed E-state index contributed by atoms with van der Waals surface area (Å²) < 4.78 is 0. The van der Waals surface area contributed by atoms with E-state index in [2.05, 4.69) is 101 Å². The Balaban J connectivity index is 1.17. The maximum atomic E-state index is 13.4. The van der Waals surface area contributed by atoms with Gasteiger partial charge in [0.15, 0.2) is 0 Å². The lowest BCUT2D eigenvalue weighted by atomic mass is 9.99. The lowest BCUT2D eigenvalue weighted by Crippen LogP contribution is -2.53. The van der Waals surface area contributed by atoms with Crippen molar-refractivity contribution in [3.8, 4) is 11.1 Å². The summed E-state index contributed by atoms with van der Waals surface area (Å²) in [6, 6.07) is 26.3. The van der Waals surface area contributed by atoms with Gasteiger partial charge in [-0.15, -0.1) is 0 Å². The molecule has 0 bridgehead atoms. The second kappa shape index (κ2) is 10.8. The van der Waals surface area contributed by atoms with E-state index >= 15 is 0 Å². The van der Waals surface area contributed by atoms with E-state index < -0.39 is 0 Å². The summed E-state index contributed by atoms with van der Waals surface area (Å²) in [5.41, 5.74) is 7.74. The maximum Gasteiger partial charge on any atom is 0.240 e. The van der Waals surface area contributed by atoms with Crippen LogP contribution in [0.3, 0.4) is 0 Å². The van der Waals surface area contributed by atoms with E-state index in [1.807, 2.05) is 0 Å². The van der Waals surface area contributed by atoms with Gasteiger partial charge in [-0.05, 0) is 55.5 Å². The molecular formula is C31H37N3O. The molecule has 2 aliphatic heterocycles. The molecule has 1 unspecified atom stereocenters. The van der Waals surface area contributed by atoms with Crippen molar-refractivity contribution in [2.75, 3.05) is 32.7 Å². The van der Waals surface area contributed by atoms with Crippen LogP contribution in [-0.2, 0) is 17.9 Å². The second-order valence-corrected chi connectivity index (χ2v) is 10.3. The Morgan fingerprint density at radius 2 is 1.40 bits per heavy atom. The van der Waals surface area contributed by atoms with Crippen LogP contribution in [0.15, 0.2) is 72.8 Å². The van der Waals surface area contributed by atoms with Crippen molar-refractivity contribution < 1.29 is 4.79 Å². The van der Waals surface area contributed by atoms with Crippen LogP contribution in [0.25, 0.3) is 11.1 Å². The minimum absolute atomic E-state index is 0.0229. The first-order chi connectivity index (χ1) is 17.0. The Morgan fingerprint density at radius 3 is 2.09 bits per heavy atom. The van der Waals surface area contributed by atoms with Gasteiger partial charge in [0.2, 0.25) is 5.91 Å². The van der Waals surface area contributed by atoms with Crippen LogP contribution in [0.1, 0.15) is 35.1 Å². The molecule has 0 aliphatic carbocycles. The van der Waals surface area contributed by atoms with Gasteiger partial charge in [-0.3, -0.25) is 14.6 Å². The van der Waals surface area contributed by atoms with Crippen LogP contribution in [-0.4, -0.2) is 59.4 Å². The molecule has 182 valence electrons. The lowest BCUT2D eigenvalue weighted by molar-refractivity contribution is -0.138. The first-order valence-electron chi connectivity index (χ1n) is 13.0. The third kappa shape index (κ3) is 5.83. The van der Waals surface area contributed by atoms with Crippen LogP contribution < -0.4 is 0 Å². The smallest absolute Gasteiger partial charge is 0.240 e. The van der Waals surface area contributed by atoms with E-state index in [0.717, 1.165) is 58.7 Å². The minimum Gasteiger partial charge on any atom is -0.339 e. The average Bonchev–Trinajstić information content (AvgIpc) is 3.33. The largest absolute Gasteiger partial charge is 0.339 e. The van der Waals surface area contributed by atoms with E-state index in [1.54, 1.807) is 0 Å². The molecule has 2 heterocycles. The topological polar surface area (TPSA) is 26.8 Å². The average molecular weight is 468 g/mol. The molecule has 1 amide bonds. The SMILES string of the molecule is Cc1cc(C)cc(-c2ccc(CN3CCCC3C(=O)N3CCN(Cc4ccccc4)CC3)cc2)c1. The highest BCUT2D eigenvalue weighted by molar-refractivity contribution is 5.82. The van der Waals surface area contributed by atoms with Crippen molar-refractivity contribution in [2.24, 2.45) is 0 Å². The monoisotopic (exact) mass is 467 g/mol. The molecular weight excluding hydrogens is 430 g/mol. The molecule has 1 atom stereocenters. The van der Waals surface area contributed by atoms with E-state index in [1.165, 1.54) is 33.4 Å². The van der Waals surface area contributed by atoms with Crippen molar-refractivity contribution in [2.45, 2.75) is 45.8 Å². The molecule has 35 heavy (non-hydrogen) atoms. The van der Waals surface area contributed by atoms with E-state index in [0.29, 0.717) is 5.91 Å². The second-order valence-electron chi connectivity index (χ2n) is 10.3. The van der Waals surface area contributed by atoms with E-state index in [9.17, 15) is 4.79 Å². The zero-order valence-corrected chi connectivity index (χ0v) is 21.1. The van der Waals surface area contributed by atoms with Crippen molar-refractivity contribution in [1.29, 1.82) is 0 Å². The summed E-state index contributed by atoms with van der Waals surface area (Å²) >= 11 is 0. The Bertz CT molecular complexity index is 1110. The molecule has 3 aromatic rings. The summed E-state index contributed by atoms with van der Waals surface area (Å²) in [6.07, 6.45) is 2.08. The predicted molar refractivity (Wildman–Crippen MR) is 143 cm³/mol. The zero-order valence-electron chi connectivity index (χ0n) is 21.1. The predicted octanol–water partition coefficient (Wildman–Crippen LogP) is 5.28. The Morgan fingerprint density at radius 1 is 0.743 bits per heavy atom. The first kappa shape index (κ1) is 23.8. The molecule has 4 heteroatoms. The molecule has 0 N–H and O–H groups in total. The normalized spacial score (nSPS) is 19.3. The summed E-state index contributed by atoms with van der Waals surface area (Å²) in [7, 11) is 0. The summed E-state index contributed by atoms with van der Waals surface area (Å²) in [5.74, 6) is 0.328. The summed E-state index contributed by atoms with van der Waals surface area (Å²) in [6.45, 7) is 10.7. The number of hydrogen-bond acceptors (Lipinski definition) is 3. The molecule has 0 saturated carbocycles. The molecule has 2 saturated heterocycles. The van der Waals surface area contributed by atoms with Crippen LogP contribution >= 0.6 is 0 Å². The van der Waals surface area contributed by atoms with Crippen LogP contribution in [0.4, 0.5) is 0 Å². The molecule has 5 rings (SSSR count). The number of carbonyl (C=O) groups excluding carboxylic acids is 1. The van der Waals surface area contributed by atoms with Gasteiger partial charge in [0, 0.05) is 39.3 Å². The fourth-order valence-electron chi connectivity index (χ4n) is 5.65. The lowest BCUT2D eigenvalue weighted by Gasteiger charge is -2.37. The number of likely N-dealkylation sites (tertiary alicyclic amines) is 1. The van der Waals surface area contributed by atoms with Gasteiger partial charge in [-0.2, -0.15) is 0 Å². The third-order valence-corrected chi connectivity index (χ3v) is 7.48. The standard InChI is InChI=1S/C31H37N3O/c1-24-19-25(2)21-29(20-24)28-12-10-27(11-13-28)23-34-14-6-9-30(34)31(35)33-17-15-32(16-18-33)22-26-7-4-3-5-8-26/h3-5,7-8,10-13,19-21,30H,6,9,14-18,22-23H2,1-2H3. The van der Waals surface area contributed by atoms with Crippen molar-refractivity contribution in [1.82, 2.24) is 14.7 Å². The summed E-state index contributed by atoms with van der Waals surface area (Å²) in [5, 5.41) is 0. The highest BCUT2D eigenvalue weighted by Gasteiger charge is 2.34. The summed E-state index contributed by atoms with van der Waals surface area (Å²) in [4.78, 5) is 20.4. The number of amides is 1. The third-order valence-electron chi connectivity index (χ3n) is 7.48. The number of hydrogen-bond donors (Lipinski definition) is 0. The van der Waals surface area contributed by atoms with Crippen molar-refractivity contribution in [3.63, 3.8) is 0 Å². The van der Waals surface area contributed by atoms with Crippen LogP contribution in [0.5, 0.6) is 0 Å². The number of nitrogens with zero attached hydrogens (tertiary/aromatic N) is 3. The number of aryl methyl sites for hydroxylation is 2. The number of carbonyl (C=O) groups is 1. The molecule has 0 aromatic heterocycles. The van der Waals surface area contributed by atoms with Gasteiger partial charge in [-0.1, -0.05) is 83.9 Å². The van der Waals surface area contributed by atoms with Gasteiger partial charge >= 0.3 is 0 Å². The van der Waals surface area contributed by atoms with Crippen molar-refractivity contribution >= 4 is 5.91 Å². The Kier molecular flexibility index (Phi) is 7.31. The number of rotatable bonds is 6. The molecule has 0 spiro atoms. The zero-order chi connectivity index (χ0) is 24.2. The molecule has 4 nitrogen and oxygen atoms in total. The van der Waals surface area contributed by atoms with Crippen LogP contribution in [0.2, 0.25) is 0 Å². The molecule has 3 aromatic carbocycles. The first-order valence-corrected chi connectivity index (χ1v) is 13.0. The number of piperazine rings is 1. The molecule has 2 fully saturated rings. The Hall–Kier alpha value is -2.95. The van der Waals surface area contributed by atoms with Gasteiger partial charge in [0.1, 0.15) is 0 Å². The van der Waals surface area contributed by atoms with Gasteiger partial charge in [0.25, 0.3) is 0 Å².